The van der Waals surface area contributed by atoms with Crippen molar-refractivity contribution in [3.05, 3.63) is 35.9 Å². The SMILES string of the molecule is CC[C@@]1(c2ccccc2)NC(=O)N(CN2CCN(C(=O)OC(C)(C)C)CC2)C1=O. The number of urea groups is 1. The van der Waals surface area contributed by atoms with Crippen LogP contribution in [0.15, 0.2) is 30.3 Å². The van der Waals surface area contributed by atoms with Gasteiger partial charge in [-0.05, 0) is 32.8 Å². The fourth-order valence-corrected chi connectivity index (χ4v) is 3.71. The fraction of sp³-hybridized carbons (Fsp3) is 0.571. The van der Waals surface area contributed by atoms with Crippen LogP contribution in [0.1, 0.15) is 39.7 Å². The van der Waals surface area contributed by atoms with Crippen LogP contribution < -0.4 is 5.32 Å². The Morgan fingerprint density at radius 3 is 2.28 bits per heavy atom. The molecular formula is C21H30N4O4. The van der Waals surface area contributed by atoms with Gasteiger partial charge in [-0.3, -0.25) is 9.69 Å². The van der Waals surface area contributed by atoms with Crippen LogP contribution >= 0.6 is 0 Å². The number of imide groups is 1. The van der Waals surface area contributed by atoms with Gasteiger partial charge in [0.05, 0.1) is 6.67 Å². The molecule has 0 aromatic heterocycles. The van der Waals surface area contributed by atoms with E-state index in [4.69, 9.17) is 4.74 Å². The van der Waals surface area contributed by atoms with Crippen molar-refractivity contribution in [3.8, 4) is 0 Å². The number of piperazine rings is 1. The molecule has 2 saturated heterocycles. The summed E-state index contributed by atoms with van der Waals surface area (Å²) in [4.78, 5) is 43.0. The Balaban J connectivity index is 1.62. The topological polar surface area (TPSA) is 82.2 Å². The molecule has 0 spiro atoms. The molecule has 1 aromatic rings. The van der Waals surface area contributed by atoms with E-state index in [2.05, 4.69) is 5.32 Å². The molecule has 0 saturated carbocycles. The molecule has 2 heterocycles. The molecule has 158 valence electrons. The number of nitrogens with zero attached hydrogens (tertiary/aromatic N) is 3. The number of nitrogens with one attached hydrogen (secondary N) is 1. The van der Waals surface area contributed by atoms with E-state index in [9.17, 15) is 14.4 Å². The number of rotatable bonds is 4. The van der Waals surface area contributed by atoms with E-state index in [0.29, 0.717) is 32.6 Å². The number of benzene rings is 1. The van der Waals surface area contributed by atoms with Crippen LogP contribution in [0.4, 0.5) is 9.59 Å². The standard InChI is InChI=1S/C21H30N4O4/c1-5-21(16-9-7-6-8-10-16)17(26)25(18(27)22-21)15-23-11-13-24(14-12-23)19(28)29-20(2,3)4/h6-10H,5,11-15H2,1-4H3,(H,22,27)/t21-/m0/s1. The monoisotopic (exact) mass is 402 g/mol. The Labute approximate surface area is 171 Å². The highest BCUT2D eigenvalue weighted by molar-refractivity contribution is 6.07. The minimum absolute atomic E-state index is 0.210. The van der Waals surface area contributed by atoms with Gasteiger partial charge in [-0.15, -0.1) is 0 Å². The van der Waals surface area contributed by atoms with Crippen molar-refractivity contribution in [1.82, 2.24) is 20.0 Å². The molecule has 1 atom stereocenters. The van der Waals surface area contributed by atoms with Crippen molar-refractivity contribution in [2.45, 2.75) is 45.3 Å². The van der Waals surface area contributed by atoms with E-state index < -0.39 is 11.1 Å². The zero-order chi connectivity index (χ0) is 21.2. The van der Waals surface area contributed by atoms with Gasteiger partial charge in [-0.25, -0.2) is 14.5 Å². The average molecular weight is 402 g/mol. The maximum Gasteiger partial charge on any atom is 0.410 e. The summed E-state index contributed by atoms with van der Waals surface area (Å²) < 4.78 is 5.41. The number of amides is 4. The van der Waals surface area contributed by atoms with Crippen molar-refractivity contribution in [2.24, 2.45) is 0 Å². The quantitative estimate of drug-likeness (QED) is 0.782. The Hall–Kier alpha value is -2.61. The van der Waals surface area contributed by atoms with Crippen LogP contribution in [0.5, 0.6) is 0 Å². The first-order valence-corrected chi connectivity index (χ1v) is 10.1. The maximum atomic E-state index is 13.2. The predicted molar refractivity (Wildman–Crippen MR) is 108 cm³/mol. The van der Waals surface area contributed by atoms with E-state index in [-0.39, 0.29) is 24.7 Å². The lowest BCUT2D eigenvalue weighted by atomic mass is 9.87. The van der Waals surface area contributed by atoms with Crippen LogP contribution in [0, 0.1) is 0 Å². The molecule has 2 fully saturated rings. The molecular weight excluding hydrogens is 372 g/mol. The van der Waals surface area contributed by atoms with E-state index in [0.717, 1.165) is 5.56 Å². The first-order valence-electron chi connectivity index (χ1n) is 10.1. The molecule has 2 aliphatic rings. The van der Waals surface area contributed by atoms with Crippen molar-refractivity contribution in [1.29, 1.82) is 0 Å². The van der Waals surface area contributed by atoms with E-state index in [1.54, 1.807) is 4.90 Å². The maximum absolute atomic E-state index is 13.2. The normalized spacial score (nSPS) is 23.3. The van der Waals surface area contributed by atoms with Gasteiger partial charge in [0.1, 0.15) is 11.1 Å². The second kappa shape index (κ2) is 8.02. The molecule has 29 heavy (non-hydrogen) atoms. The summed E-state index contributed by atoms with van der Waals surface area (Å²) in [5.41, 5.74) is -0.760. The number of carbonyl (C=O) groups excluding carboxylic acids is 3. The summed E-state index contributed by atoms with van der Waals surface area (Å²) in [5, 5.41) is 2.90. The fourth-order valence-electron chi connectivity index (χ4n) is 3.71. The number of ether oxygens (including phenoxy) is 1. The van der Waals surface area contributed by atoms with Gasteiger partial charge in [0, 0.05) is 26.2 Å². The summed E-state index contributed by atoms with van der Waals surface area (Å²) in [5.74, 6) is -0.231. The van der Waals surface area contributed by atoms with Gasteiger partial charge >= 0.3 is 12.1 Å². The Bertz CT molecular complexity index is 769. The summed E-state index contributed by atoms with van der Waals surface area (Å²) in [7, 11) is 0. The largest absolute Gasteiger partial charge is 0.444 e. The number of carbonyl (C=O) groups is 3. The first-order chi connectivity index (χ1) is 13.7. The summed E-state index contributed by atoms with van der Waals surface area (Å²) in [6.45, 7) is 9.76. The van der Waals surface area contributed by atoms with Crippen LogP contribution in [0.2, 0.25) is 0 Å². The van der Waals surface area contributed by atoms with Gasteiger partial charge < -0.3 is 15.0 Å². The van der Waals surface area contributed by atoms with Gasteiger partial charge in [-0.2, -0.15) is 0 Å². The number of hydrogen-bond acceptors (Lipinski definition) is 5. The molecule has 4 amide bonds. The molecule has 0 bridgehead atoms. The zero-order valence-corrected chi connectivity index (χ0v) is 17.6. The van der Waals surface area contributed by atoms with Gasteiger partial charge in [0.2, 0.25) is 0 Å². The predicted octanol–water partition coefficient (Wildman–Crippen LogP) is 2.35. The highest BCUT2D eigenvalue weighted by Gasteiger charge is 2.51. The lowest BCUT2D eigenvalue weighted by Crippen LogP contribution is -2.53. The number of hydrogen-bond donors (Lipinski definition) is 1. The molecule has 8 heteroatoms. The summed E-state index contributed by atoms with van der Waals surface area (Å²) in [6, 6.07) is 8.97. The van der Waals surface area contributed by atoms with E-state index in [1.165, 1.54) is 4.90 Å². The molecule has 1 aromatic carbocycles. The Morgan fingerprint density at radius 1 is 1.10 bits per heavy atom. The minimum atomic E-state index is -1.02. The van der Waals surface area contributed by atoms with E-state index in [1.807, 2.05) is 62.9 Å². The second-order valence-electron chi connectivity index (χ2n) is 8.52. The third-order valence-corrected chi connectivity index (χ3v) is 5.34. The molecule has 3 rings (SSSR count). The summed E-state index contributed by atoms with van der Waals surface area (Å²) in [6.07, 6.45) is 0.144. The molecule has 8 nitrogen and oxygen atoms in total. The van der Waals surface area contributed by atoms with Crippen LogP contribution in [-0.4, -0.2) is 71.2 Å². The second-order valence-corrected chi connectivity index (χ2v) is 8.52. The average Bonchev–Trinajstić information content (AvgIpc) is 2.93. The third-order valence-electron chi connectivity index (χ3n) is 5.34. The van der Waals surface area contributed by atoms with Gasteiger partial charge in [0.25, 0.3) is 5.91 Å². The van der Waals surface area contributed by atoms with Crippen molar-refractivity contribution < 1.29 is 19.1 Å². The van der Waals surface area contributed by atoms with Crippen molar-refractivity contribution in [2.75, 3.05) is 32.8 Å². The lowest BCUT2D eigenvalue weighted by Gasteiger charge is -2.36. The Kier molecular flexibility index (Phi) is 5.84. The molecule has 2 aliphatic heterocycles. The van der Waals surface area contributed by atoms with Crippen LogP contribution in [0.25, 0.3) is 0 Å². The van der Waals surface area contributed by atoms with Gasteiger partial charge in [0.15, 0.2) is 0 Å². The molecule has 0 radical (unpaired) electrons. The highest BCUT2D eigenvalue weighted by Crippen LogP contribution is 2.32. The molecule has 0 unspecified atom stereocenters. The highest BCUT2D eigenvalue weighted by atomic mass is 16.6. The van der Waals surface area contributed by atoms with E-state index >= 15 is 0 Å². The summed E-state index contributed by atoms with van der Waals surface area (Å²) >= 11 is 0. The minimum Gasteiger partial charge on any atom is -0.444 e. The Morgan fingerprint density at radius 2 is 1.72 bits per heavy atom. The van der Waals surface area contributed by atoms with Crippen LogP contribution in [0.3, 0.4) is 0 Å². The third kappa shape index (κ3) is 4.37. The van der Waals surface area contributed by atoms with Gasteiger partial charge in [-0.1, -0.05) is 37.3 Å². The van der Waals surface area contributed by atoms with Crippen molar-refractivity contribution in [3.63, 3.8) is 0 Å². The zero-order valence-electron chi connectivity index (χ0n) is 17.6. The van der Waals surface area contributed by atoms with Crippen molar-refractivity contribution >= 4 is 18.0 Å². The first kappa shape index (κ1) is 21.1. The smallest absolute Gasteiger partial charge is 0.410 e. The molecule has 0 aliphatic carbocycles. The lowest BCUT2D eigenvalue weighted by molar-refractivity contribution is -0.133. The molecule has 1 N–H and O–H groups in total. The van der Waals surface area contributed by atoms with Crippen LogP contribution in [-0.2, 0) is 15.1 Å².